The van der Waals surface area contributed by atoms with Gasteiger partial charge in [-0.2, -0.15) is 0 Å². The number of nitrogens with one attached hydrogen (secondary N) is 2. The van der Waals surface area contributed by atoms with Gasteiger partial charge >= 0.3 is 0 Å². The SMILES string of the molecule is Cc1ccc(C)c(C(C)NC(=S)Nc2ccc(CSc3ccccc3)cc2)c1. The quantitative estimate of drug-likeness (QED) is 0.354. The predicted molar refractivity (Wildman–Crippen MR) is 126 cm³/mol. The van der Waals surface area contributed by atoms with E-state index in [2.05, 4.69) is 98.1 Å². The van der Waals surface area contributed by atoms with Crippen molar-refractivity contribution < 1.29 is 0 Å². The molecule has 2 N–H and O–H groups in total. The maximum absolute atomic E-state index is 5.51. The molecule has 1 unspecified atom stereocenters. The Morgan fingerprint density at radius 3 is 2.39 bits per heavy atom. The zero-order chi connectivity index (χ0) is 19.9. The lowest BCUT2D eigenvalue weighted by atomic mass is 10.0. The molecule has 0 bridgehead atoms. The van der Waals surface area contributed by atoms with Gasteiger partial charge in [0, 0.05) is 16.3 Å². The third-order valence-corrected chi connectivity index (χ3v) is 5.91. The second-order valence-corrected chi connectivity index (χ2v) is 8.44. The molecule has 4 heteroatoms. The summed E-state index contributed by atoms with van der Waals surface area (Å²) in [5.74, 6) is 0.955. The van der Waals surface area contributed by atoms with Crippen LogP contribution in [0.4, 0.5) is 5.69 Å². The largest absolute Gasteiger partial charge is 0.356 e. The molecule has 3 aromatic carbocycles. The third-order valence-electron chi connectivity index (χ3n) is 4.61. The van der Waals surface area contributed by atoms with Crippen molar-refractivity contribution in [1.82, 2.24) is 5.32 Å². The Kier molecular flexibility index (Phi) is 7.12. The van der Waals surface area contributed by atoms with Crippen LogP contribution in [-0.4, -0.2) is 5.11 Å². The smallest absolute Gasteiger partial charge is 0.171 e. The monoisotopic (exact) mass is 406 g/mol. The van der Waals surface area contributed by atoms with Gasteiger partial charge in [-0.15, -0.1) is 11.8 Å². The van der Waals surface area contributed by atoms with Crippen LogP contribution in [0.25, 0.3) is 0 Å². The molecule has 0 saturated carbocycles. The molecule has 3 aromatic rings. The minimum atomic E-state index is 0.154. The first-order chi connectivity index (χ1) is 13.5. The van der Waals surface area contributed by atoms with Gasteiger partial charge in [-0.3, -0.25) is 0 Å². The van der Waals surface area contributed by atoms with Gasteiger partial charge < -0.3 is 10.6 Å². The molecule has 2 nitrogen and oxygen atoms in total. The van der Waals surface area contributed by atoms with E-state index in [1.54, 1.807) is 0 Å². The fraction of sp³-hybridized carbons (Fsp3) is 0.208. The minimum Gasteiger partial charge on any atom is -0.356 e. The molecule has 0 aliphatic carbocycles. The highest BCUT2D eigenvalue weighted by molar-refractivity contribution is 7.98. The Balaban J connectivity index is 1.53. The van der Waals surface area contributed by atoms with Gasteiger partial charge in [0.05, 0.1) is 6.04 Å². The molecule has 3 rings (SSSR count). The fourth-order valence-corrected chi connectivity index (χ4v) is 4.21. The first kappa shape index (κ1) is 20.4. The number of aryl methyl sites for hydroxylation is 2. The molecule has 0 radical (unpaired) electrons. The van der Waals surface area contributed by atoms with Crippen molar-refractivity contribution in [2.24, 2.45) is 0 Å². The minimum absolute atomic E-state index is 0.154. The number of hydrogen-bond donors (Lipinski definition) is 2. The van der Waals surface area contributed by atoms with E-state index in [1.165, 1.54) is 27.1 Å². The van der Waals surface area contributed by atoms with Crippen LogP contribution >= 0.6 is 24.0 Å². The Morgan fingerprint density at radius 2 is 1.68 bits per heavy atom. The number of thioether (sulfide) groups is 1. The van der Waals surface area contributed by atoms with Crippen LogP contribution in [0.5, 0.6) is 0 Å². The molecule has 0 aliphatic heterocycles. The van der Waals surface area contributed by atoms with Crippen LogP contribution in [0, 0.1) is 13.8 Å². The summed E-state index contributed by atoms with van der Waals surface area (Å²) in [6.07, 6.45) is 0. The van der Waals surface area contributed by atoms with Crippen LogP contribution in [-0.2, 0) is 5.75 Å². The van der Waals surface area contributed by atoms with Crippen molar-refractivity contribution in [3.05, 3.63) is 95.1 Å². The first-order valence-electron chi connectivity index (χ1n) is 9.43. The highest BCUT2D eigenvalue weighted by Crippen LogP contribution is 2.23. The predicted octanol–water partition coefficient (Wildman–Crippen LogP) is 6.64. The van der Waals surface area contributed by atoms with Crippen molar-refractivity contribution >= 4 is 34.8 Å². The van der Waals surface area contributed by atoms with Gasteiger partial charge in [-0.05, 0) is 73.9 Å². The average molecular weight is 407 g/mol. The number of thiocarbonyl (C=S) groups is 1. The van der Waals surface area contributed by atoms with E-state index in [0.29, 0.717) is 5.11 Å². The molecule has 0 aliphatic rings. The van der Waals surface area contributed by atoms with Crippen LogP contribution in [0.15, 0.2) is 77.7 Å². The molecular formula is C24H26N2S2. The highest BCUT2D eigenvalue weighted by atomic mass is 32.2. The van der Waals surface area contributed by atoms with E-state index < -0.39 is 0 Å². The summed E-state index contributed by atoms with van der Waals surface area (Å²) in [5, 5.41) is 7.32. The molecular weight excluding hydrogens is 380 g/mol. The molecule has 0 heterocycles. The summed E-state index contributed by atoms with van der Waals surface area (Å²) in [4.78, 5) is 1.29. The lowest BCUT2D eigenvalue weighted by molar-refractivity contribution is 0.716. The standard InChI is InChI=1S/C24H26N2S2/c1-17-9-10-18(2)23(15-17)19(3)25-24(27)26-21-13-11-20(12-14-21)16-28-22-7-5-4-6-8-22/h4-15,19H,16H2,1-3H3,(H2,25,26,27). The Hall–Kier alpha value is -2.30. The van der Waals surface area contributed by atoms with Crippen molar-refractivity contribution in [3.8, 4) is 0 Å². The van der Waals surface area contributed by atoms with E-state index in [1.807, 2.05) is 17.8 Å². The molecule has 28 heavy (non-hydrogen) atoms. The molecule has 0 saturated heterocycles. The number of benzene rings is 3. The van der Waals surface area contributed by atoms with Gasteiger partial charge in [-0.25, -0.2) is 0 Å². The Bertz CT molecular complexity index is 921. The number of hydrogen-bond acceptors (Lipinski definition) is 2. The van der Waals surface area contributed by atoms with Crippen molar-refractivity contribution in [1.29, 1.82) is 0 Å². The summed E-state index contributed by atoms with van der Waals surface area (Å²) in [5.41, 5.74) is 6.10. The number of anilines is 1. The summed E-state index contributed by atoms with van der Waals surface area (Å²) >= 11 is 7.35. The van der Waals surface area contributed by atoms with E-state index in [4.69, 9.17) is 12.2 Å². The van der Waals surface area contributed by atoms with Crippen LogP contribution in [0.3, 0.4) is 0 Å². The average Bonchev–Trinajstić information content (AvgIpc) is 2.70. The van der Waals surface area contributed by atoms with Gasteiger partial charge in [0.2, 0.25) is 0 Å². The molecule has 0 aromatic heterocycles. The van der Waals surface area contributed by atoms with E-state index in [0.717, 1.165) is 11.4 Å². The fourth-order valence-electron chi connectivity index (χ4n) is 3.04. The topological polar surface area (TPSA) is 24.1 Å². The maximum Gasteiger partial charge on any atom is 0.171 e. The normalized spacial score (nSPS) is 11.7. The second-order valence-electron chi connectivity index (χ2n) is 6.98. The van der Waals surface area contributed by atoms with E-state index >= 15 is 0 Å². The third kappa shape index (κ3) is 5.85. The lowest BCUT2D eigenvalue weighted by Gasteiger charge is -2.20. The lowest BCUT2D eigenvalue weighted by Crippen LogP contribution is -2.31. The maximum atomic E-state index is 5.51. The summed E-state index contributed by atoms with van der Waals surface area (Å²) in [6, 6.07) is 25.6. The van der Waals surface area contributed by atoms with Crippen molar-refractivity contribution in [3.63, 3.8) is 0 Å². The molecule has 0 spiro atoms. The molecule has 144 valence electrons. The summed E-state index contributed by atoms with van der Waals surface area (Å²) < 4.78 is 0. The molecule has 0 amide bonds. The highest BCUT2D eigenvalue weighted by Gasteiger charge is 2.10. The van der Waals surface area contributed by atoms with Crippen LogP contribution in [0.1, 0.15) is 35.2 Å². The van der Waals surface area contributed by atoms with Crippen LogP contribution < -0.4 is 10.6 Å². The Morgan fingerprint density at radius 1 is 0.964 bits per heavy atom. The van der Waals surface area contributed by atoms with Gasteiger partial charge in [0.25, 0.3) is 0 Å². The van der Waals surface area contributed by atoms with Gasteiger partial charge in [0.1, 0.15) is 0 Å². The van der Waals surface area contributed by atoms with E-state index in [9.17, 15) is 0 Å². The zero-order valence-electron chi connectivity index (χ0n) is 16.5. The van der Waals surface area contributed by atoms with Crippen molar-refractivity contribution in [2.75, 3.05) is 5.32 Å². The second kappa shape index (κ2) is 9.76. The van der Waals surface area contributed by atoms with Crippen LogP contribution in [0.2, 0.25) is 0 Å². The molecule has 0 fully saturated rings. The zero-order valence-corrected chi connectivity index (χ0v) is 18.2. The summed E-state index contributed by atoms with van der Waals surface area (Å²) in [7, 11) is 0. The Labute approximate surface area is 177 Å². The van der Waals surface area contributed by atoms with Crippen molar-refractivity contribution in [2.45, 2.75) is 37.5 Å². The van der Waals surface area contributed by atoms with E-state index in [-0.39, 0.29) is 6.04 Å². The van der Waals surface area contributed by atoms with Gasteiger partial charge in [0.15, 0.2) is 5.11 Å². The molecule has 1 atom stereocenters. The number of rotatable bonds is 6. The summed E-state index contributed by atoms with van der Waals surface area (Å²) in [6.45, 7) is 6.39. The van der Waals surface area contributed by atoms with Gasteiger partial charge in [-0.1, -0.05) is 54.1 Å². The first-order valence-corrected chi connectivity index (χ1v) is 10.8.